The van der Waals surface area contributed by atoms with Gasteiger partial charge in [0.25, 0.3) is 0 Å². The first-order valence-corrected chi connectivity index (χ1v) is 3.74. The van der Waals surface area contributed by atoms with E-state index in [1.807, 2.05) is 0 Å². The van der Waals surface area contributed by atoms with Crippen molar-refractivity contribution in [2.45, 2.75) is 18.3 Å². The van der Waals surface area contributed by atoms with Crippen LogP contribution in [0.3, 0.4) is 0 Å². The summed E-state index contributed by atoms with van der Waals surface area (Å²) < 4.78 is 40.6. The zero-order valence-electron chi connectivity index (χ0n) is 7.96. The van der Waals surface area contributed by atoms with Crippen LogP contribution in [0.25, 0.3) is 0 Å². The fourth-order valence-corrected chi connectivity index (χ4v) is 0.703. The van der Waals surface area contributed by atoms with Gasteiger partial charge in [-0.15, -0.1) is 0 Å². The van der Waals surface area contributed by atoms with E-state index in [4.69, 9.17) is 10.4 Å². The fourth-order valence-electron chi connectivity index (χ4n) is 0.703. The van der Waals surface area contributed by atoms with Crippen LogP contribution in [0, 0.1) is 11.3 Å². The maximum absolute atomic E-state index is 12.3. The minimum atomic E-state index is -5.45. The highest BCUT2D eigenvalue weighted by Crippen LogP contribution is 2.29. The monoisotopic (exact) mass is 240 g/mol. The van der Waals surface area contributed by atoms with Crippen LogP contribution in [-0.4, -0.2) is 36.0 Å². The minimum absolute atomic E-state index is 0.607. The van der Waals surface area contributed by atoms with Gasteiger partial charge in [-0.25, -0.2) is 4.79 Å². The second-order valence-electron chi connectivity index (χ2n) is 2.58. The number of carbonyl (C=O) groups is 2. The van der Waals surface area contributed by atoms with E-state index in [0.29, 0.717) is 7.11 Å². The molecule has 6 nitrogen and oxygen atoms in total. The number of hydrogen-bond acceptors (Lipinski definition) is 5. The van der Waals surface area contributed by atoms with Crippen molar-refractivity contribution >= 4 is 11.9 Å². The van der Waals surface area contributed by atoms with E-state index in [1.165, 1.54) is 6.07 Å². The van der Waals surface area contributed by atoms with Gasteiger partial charge in [-0.3, -0.25) is 4.79 Å². The first-order valence-electron chi connectivity index (χ1n) is 3.74. The van der Waals surface area contributed by atoms with E-state index in [0.717, 1.165) is 5.32 Å². The van der Waals surface area contributed by atoms with Crippen LogP contribution in [0.4, 0.5) is 13.2 Å². The van der Waals surface area contributed by atoms with Crippen molar-refractivity contribution in [1.29, 1.82) is 5.26 Å². The summed E-state index contributed by atoms with van der Waals surface area (Å²) in [5, 5.41) is 18.0. The number of hydrogen-bond donors (Lipinski definition) is 2. The largest absolute Gasteiger partial charge is 0.465 e. The van der Waals surface area contributed by atoms with Gasteiger partial charge in [0.15, 0.2) is 0 Å². The normalized spacial score (nSPS) is 14.5. The maximum Gasteiger partial charge on any atom is 0.448 e. The zero-order valence-corrected chi connectivity index (χ0v) is 7.96. The Hall–Kier alpha value is -1.82. The summed E-state index contributed by atoms with van der Waals surface area (Å²) in [6, 6.07) is 1.26. The number of nitrogens with zero attached hydrogens (tertiary/aromatic N) is 1. The molecule has 0 saturated carbocycles. The van der Waals surface area contributed by atoms with Gasteiger partial charge < -0.3 is 15.2 Å². The highest BCUT2D eigenvalue weighted by molar-refractivity contribution is 5.88. The molecule has 2 N–H and O–H groups in total. The van der Waals surface area contributed by atoms with Crippen LogP contribution in [0.15, 0.2) is 0 Å². The average Bonchev–Trinajstić information content (AvgIpc) is 2.14. The molecule has 0 fully saturated rings. The van der Waals surface area contributed by atoms with E-state index in [-0.39, 0.29) is 0 Å². The molecule has 0 aliphatic carbocycles. The van der Waals surface area contributed by atoms with E-state index in [2.05, 4.69) is 4.74 Å². The molecule has 0 aromatic carbocycles. The molecule has 0 radical (unpaired) electrons. The third-order valence-corrected chi connectivity index (χ3v) is 1.45. The number of halogens is 3. The number of methoxy groups -OCH3 is 1. The number of aliphatic hydroxyl groups is 1. The van der Waals surface area contributed by atoms with Crippen LogP contribution < -0.4 is 5.32 Å². The molecule has 0 saturated heterocycles. The van der Waals surface area contributed by atoms with Gasteiger partial charge in [0, 0.05) is 0 Å². The van der Waals surface area contributed by atoms with E-state index >= 15 is 0 Å². The Morgan fingerprint density at radius 1 is 1.50 bits per heavy atom. The van der Waals surface area contributed by atoms with Crippen molar-refractivity contribution in [2.24, 2.45) is 0 Å². The van der Waals surface area contributed by atoms with E-state index < -0.39 is 30.2 Å². The van der Waals surface area contributed by atoms with Crippen molar-refractivity contribution < 1.29 is 32.6 Å². The lowest BCUT2D eigenvalue weighted by atomic mass is 10.2. The summed E-state index contributed by atoms with van der Waals surface area (Å²) in [5.74, 6) is -3.54. The number of alkyl halides is 3. The summed E-state index contributed by atoms with van der Waals surface area (Å²) in [6.45, 7) is 0. The highest BCUT2D eigenvalue weighted by atomic mass is 19.4. The molecular formula is C7H7F3N2O4. The quantitative estimate of drug-likeness (QED) is 0.508. The molecule has 16 heavy (non-hydrogen) atoms. The van der Waals surface area contributed by atoms with Gasteiger partial charge >= 0.3 is 17.9 Å². The molecule has 0 aromatic heterocycles. The molecule has 1 amide bonds. The Bertz CT molecular complexity index is 336. The summed E-state index contributed by atoms with van der Waals surface area (Å²) in [7, 11) is 0.607. The van der Waals surface area contributed by atoms with Crippen molar-refractivity contribution in [2.75, 3.05) is 7.11 Å². The number of esters is 1. The first kappa shape index (κ1) is 14.2. The van der Waals surface area contributed by atoms with Gasteiger partial charge in [-0.1, -0.05) is 0 Å². The molecule has 0 spiro atoms. The van der Waals surface area contributed by atoms with Gasteiger partial charge in [0.1, 0.15) is 6.42 Å². The lowest BCUT2D eigenvalue weighted by Gasteiger charge is -2.27. The molecule has 0 aliphatic rings. The molecule has 0 rings (SSSR count). The SMILES string of the molecule is COC(=O)C(O)(NC(=O)CC#N)C(F)(F)F. The Morgan fingerprint density at radius 2 is 2.00 bits per heavy atom. The van der Waals surface area contributed by atoms with Crippen LogP contribution in [-0.2, 0) is 14.3 Å². The third kappa shape index (κ3) is 2.83. The van der Waals surface area contributed by atoms with Crippen molar-refractivity contribution in [3.8, 4) is 6.07 Å². The first-order chi connectivity index (χ1) is 7.19. The lowest BCUT2D eigenvalue weighted by Crippen LogP contribution is -2.64. The number of nitrogens with one attached hydrogen (secondary N) is 1. The molecule has 0 heterocycles. The van der Waals surface area contributed by atoms with Crippen molar-refractivity contribution in [3.05, 3.63) is 0 Å². The zero-order chi connectivity index (χ0) is 13.0. The Balaban J connectivity index is 5.05. The van der Waals surface area contributed by atoms with Gasteiger partial charge in [-0.05, 0) is 0 Å². The molecule has 1 atom stereocenters. The highest BCUT2D eigenvalue weighted by Gasteiger charge is 2.62. The summed E-state index contributed by atoms with van der Waals surface area (Å²) in [6.07, 6.45) is -6.39. The molecular weight excluding hydrogens is 233 g/mol. The number of amides is 1. The van der Waals surface area contributed by atoms with Crippen LogP contribution in [0.2, 0.25) is 0 Å². The summed E-state index contributed by atoms with van der Waals surface area (Å²) >= 11 is 0. The third-order valence-electron chi connectivity index (χ3n) is 1.45. The van der Waals surface area contributed by atoms with Crippen molar-refractivity contribution in [3.63, 3.8) is 0 Å². The summed E-state index contributed by atoms with van der Waals surface area (Å²) in [5.41, 5.74) is -4.14. The van der Waals surface area contributed by atoms with Gasteiger partial charge in [0.05, 0.1) is 13.2 Å². The topological polar surface area (TPSA) is 99.4 Å². The molecule has 0 aromatic rings. The smallest absolute Gasteiger partial charge is 0.448 e. The fraction of sp³-hybridized carbons (Fsp3) is 0.571. The maximum atomic E-state index is 12.3. The molecule has 1 unspecified atom stereocenters. The Kier molecular flexibility index (Phi) is 4.26. The van der Waals surface area contributed by atoms with Crippen LogP contribution in [0.1, 0.15) is 6.42 Å². The number of carbonyl (C=O) groups excluding carboxylic acids is 2. The standard InChI is InChI=1S/C7H7F3N2O4/c1-16-5(14)6(15,7(8,9)10)12-4(13)2-3-11/h15H,2H2,1H3,(H,12,13). The average molecular weight is 240 g/mol. The molecule has 9 heteroatoms. The Labute approximate surface area is 87.6 Å². The van der Waals surface area contributed by atoms with E-state index in [9.17, 15) is 22.8 Å². The van der Waals surface area contributed by atoms with Gasteiger partial charge in [-0.2, -0.15) is 18.4 Å². The number of nitriles is 1. The molecule has 0 aliphatic heterocycles. The predicted molar refractivity (Wildman–Crippen MR) is 41.4 cm³/mol. The molecule has 0 bridgehead atoms. The van der Waals surface area contributed by atoms with E-state index in [1.54, 1.807) is 0 Å². The lowest BCUT2D eigenvalue weighted by molar-refractivity contribution is -0.270. The van der Waals surface area contributed by atoms with Crippen molar-refractivity contribution in [1.82, 2.24) is 5.32 Å². The minimum Gasteiger partial charge on any atom is -0.465 e. The summed E-state index contributed by atoms with van der Waals surface area (Å²) in [4.78, 5) is 21.5. The predicted octanol–water partition coefficient (Wildman–Crippen LogP) is -0.560. The number of ether oxygens (including phenoxy) is 1. The van der Waals surface area contributed by atoms with Crippen LogP contribution >= 0.6 is 0 Å². The second kappa shape index (κ2) is 4.80. The second-order valence-corrected chi connectivity index (χ2v) is 2.58. The number of rotatable bonds is 3. The molecule has 90 valence electrons. The Morgan fingerprint density at radius 3 is 2.31 bits per heavy atom. The van der Waals surface area contributed by atoms with Gasteiger partial charge in [0.2, 0.25) is 5.91 Å². The van der Waals surface area contributed by atoms with Crippen LogP contribution in [0.5, 0.6) is 0 Å².